The molecule has 0 radical (unpaired) electrons. The van der Waals surface area contributed by atoms with Crippen molar-refractivity contribution in [3.05, 3.63) is 98.5 Å². The summed E-state index contributed by atoms with van der Waals surface area (Å²) in [5.41, 5.74) is 2.64. The molecule has 0 saturated carbocycles. The Labute approximate surface area is 233 Å². The first kappa shape index (κ1) is 27.7. The van der Waals surface area contributed by atoms with Gasteiger partial charge < -0.3 is 10.2 Å². The van der Waals surface area contributed by atoms with Crippen molar-refractivity contribution in [2.45, 2.75) is 46.6 Å². The van der Waals surface area contributed by atoms with E-state index in [1.54, 1.807) is 33.7 Å². The summed E-state index contributed by atoms with van der Waals surface area (Å²) in [6.07, 6.45) is 1.32. The second-order valence-electron chi connectivity index (χ2n) is 9.79. The summed E-state index contributed by atoms with van der Waals surface area (Å²) in [7, 11) is 0. The van der Waals surface area contributed by atoms with Crippen molar-refractivity contribution in [1.82, 2.24) is 14.5 Å². The van der Waals surface area contributed by atoms with Gasteiger partial charge in [0.15, 0.2) is 0 Å². The quantitative estimate of drug-likeness (QED) is 0.241. The van der Waals surface area contributed by atoms with E-state index in [0.29, 0.717) is 52.0 Å². The molecule has 0 fully saturated rings. The highest BCUT2D eigenvalue weighted by Gasteiger charge is 2.29. The monoisotopic (exact) mass is 550 g/mol. The molecule has 38 heavy (non-hydrogen) atoms. The molecule has 4 aromatic rings. The van der Waals surface area contributed by atoms with Crippen molar-refractivity contribution in [2.24, 2.45) is 5.92 Å². The van der Waals surface area contributed by atoms with Crippen LogP contribution in [0.2, 0.25) is 10.0 Å². The molecule has 0 bridgehead atoms. The lowest BCUT2D eigenvalue weighted by Crippen LogP contribution is -2.41. The maximum atomic E-state index is 13.9. The highest BCUT2D eigenvalue weighted by atomic mass is 35.5. The molecule has 1 N–H and O–H groups in total. The standard InChI is InChI=1S/C30H32Cl2N4O2/c1-5-26(35(18-17-19(2)3)30(38)34-25-12-8-10-23(31)27(25)32)28-33-24-11-7-6-9-22(24)29(37)36(28)21-15-13-20(4)14-16-21/h6-16,19,26H,5,17-18H2,1-4H3,(H,34,38). The van der Waals surface area contributed by atoms with Crippen LogP contribution in [-0.2, 0) is 0 Å². The molecule has 8 heteroatoms. The fourth-order valence-corrected chi connectivity index (χ4v) is 4.79. The first-order valence-electron chi connectivity index (χ1n) is 12.8. The van der Waals surface area contributed by atoms with E-state index in [-0.39, 0.29) is 16.6 Å². The number of amides is 2. The van der Waals surface area contributed by atoms with Gasteiger partial charge in [0, 0.05) is 6.54 Å². The van der Waals surface area contributed by atoms with E-state index in [2.05, 4.69) is 19.2 Å². The van der Waals surface area contributed by atoms with Gasteiger partial charge >= 0.3 is 6.03 Å². The Morgan fingerprint density at radius 3 is 2.42 bits per heavy atom. The predicted octanol–water partition coefficient (Wildman–Crippen LogP) is 8.03. The van der Waals surface area contributed by atoms with E-state index in [0.717, 1.165) is 12.0 Å². The van der Waals surface area contributed by atoms with Crippen molar-refractivity contribution < 1.29 is 4.79 Å². The minimum Gasteiger partial charge on any atom is -0.314 e. The molecule has 0 spiro atoms. The maximum absolute atomic E-state index is 13.9. The minimum absolute atomic E-state index is 0.171. The van der Waals surface area contributed by atoms with Gasteiger partial charge in [-0.3, -0.25) is 9.36 Å². The van der Waals surface area contributed by atoms with Crippen LogP contribution in [0.3, 0.4) is 0 Å². The molecule has 198 valence electrons. The van der Waals surface area contributed by atoms with E-state index >= 15 is 0 Å². The van der Waals surface area contributed by atoms with Crippen LogP contribution in [-0.4, -0.2) is 27.0 Å². The van der Waals surface area contributed by atoms with Crippen LogP contribution in [0.4, 0.5) is 10.5 Å². The largest absolute Gasteiger partial charge is 0.322 e. The topological polar surface area (TPSA) is 67.2 Å². The summed E-state index contributed by atoms with van der Waals surface area (Å²) in [5, 5.41) is 4.09. The van der Waals surface area contributed by atoms with Gasteiger partial charge in [-0.05, 0) is 62.1 Å². The van der Waals surface area contributed by atoms with E-state index < -0.39 is 6.04 Å². The molecule has 1 heterocycles. The number of nitrogens with zero attached hydrogens (tertiary/aromatic N) is 3. The Hall–Kier alpha value is -3.35. The summed E-state index contributed by atoms with van der Waals surface area (Å²) >= 11 is 12.6. The summed E-state index contributed by atoms with van der Waals surface area (Å²) in [4.78, 5) is 34.4. The Morgan fingerprint density at radius 2 is 1.74 bits per heavy atom. The first-order valence-corrected chi connectivity index (χ1v) is 13.6. The number of nitrogens with one attached hydrogen (secondary N) is 1. The van der Waals surface area contributed by atoms with E-state index in [4.69, 9.17) is 28.2 Å². The second-order valence-corrected chi connectivity index (χ2v) is 10.6. The zero-order valence-corrected chi connectivity index (χ0v) is 23.6. The molecular formula is C30H32Cl2N4O2. The number of fused-ring (bicyclic) bond motifs is 1. The number of anilines is 1. The Bertz CT molecular complexity index is 1500. The van der Waals surface area contributed by atoms with Gasteiger partial charge in [0.25, 0.3) is 5.56 Å². The van der Waals surface area contributed by atoms with Crippen molar-refractivity contribution in [3.63, 3.8) is 0 Å². The number of benzene rings is 3. The third-order valence-electron chi connectivity index (χ3n) is 6.56. The molecule has 1 unspecified atom stereocenters. The fraction of sp³-hybridized carbons (Fsp3) is 0.300. The average molecular weight is 552 g/mol. The van der Waals surface area contributed by atoms with E-state index in [9.17, 15) is 9.59 Å². The molecule has 2 amide bonds. The number of carbonyl (C=O) groups excluding carboxylic acids is 1. The van der Waals surface area contributed by atoms with Crippen molar-refractivity contribution in [3.8, 4) is 5.69 Å². The van der Waals surface area contributed by atoms with Crippen LogP contribution in [0.5, 0.6) is 0 Å². The zero-order valence-electron chi connectivity index (χ0n) is 22.0. The van der Waals surface area contributed by atoms with Gasteiger partial charge in [-0.1, -0.05) is 79.9 Å². The molecule has 4 rings (SSSR count). The van der Waals surface area contributed by atoms with Gasteiger partial charge in [0.1, 0.15) is 5.82 Å². The van der Waals surface area contributed by atoms with Crippen LogP contribution in [0.1, 0.15) is 51.0 Å². The van der Waals surface area contributed by atoms with Gasteiger partial charge in [-0.2, -0.15) is 0 Å². The number of rotatable bonds is 8. The van der Waals surface area contributed by atoms with E-state index in [1.165, 1.54) is 0 Å². The number of urea groups is 1. The van der Waals surface area contributed by atoms with Crippen LogP contribution in [0.25, 0.3) is 16.6 Å². The van der Waals surface area contributed by atoms with Gasteiger partial charge in [0.2, 0.25) is 0 Å². The molecule has 0 aliphatic rings. The van der Waals surface area contributed by atoms with Crippen molar-refractivity contribution >= 4 is 45.8 Å². The summed E-state index contributed by atoms with van der Waals surface area (Å²) in [6.45, 7) is 8.69. The molecule has 0 saturated heterocycles. The number of para-hydroxylation sites is 1. The van der Waals surface area contributed by atoms with Gasteiger partial charge in [0.05, 0.1) is 38.4 Å². The normalized spacial score (nSPS) is 12.1. The first-order chi connectivity index (χ1) is 18.2. The number of hydrogen-bond acceptors (Lipinski definition) is 3. The number of halogens is 2. The average Bonchev–Trinajstić information content (AvgIpc) is 2.90. The Balaban J connectivity index is 1.87. The highest BCUT2D eigenvalue weighted by molar-refractivity contribution is 6.43. The molecule has 1 atom stereocenters. The fourth-order valence-electron chi connectivity index (χ4n) is 4.44. The Kier molecular flexibility index (Phi) is 8.75. The Morgan fingerprint density at radius 1 is 1.03 bits per heavy atom. The second kappa shape index (κ2) is 12.0. The smallest absolute Gasteiger partial charge is 0.314 e. The van der Waals surface area contributed by atoms with Crippen LogP contribution < -0.4 is 10.9 Å². The molecule has 1 aromatic heterocycles. The maximum Gasteiger partial charge on any atom is 0.322 e. The lowest BCUT2D eigenvalue weighted by Gasteiger charge is -2.33. The van der Waals surface area contributed by atoms with E-state index in [1.807, 2.05) is 56.3 Å². The molecule has 0 aliphatic heterocycles. The minimum atomic E-state index is -0.481. The number of hydrogen-bond donors (Lipinski definition) is 1. The SMILES string of the molecule is CCC(c1nc2ccccc2c(=O)n1-c1ccc(C)cc1)N(CCC(C)C)C(=O)Nc1cccc(Cl)c1Cl. The summed E-state index contributed by atoms with van der Waals surface area (Å²) < 4.78 is 1.64. The van der Waals surface area contributed by atoms with Crippen LogP contribution >= 0.6 is 23.2 Å². The number of aromatic nitrogens is 2. The van der Waals surface area contributed by atoms with Crippen molar-refractivity contribution in [1.29, 1.82) is 0 Å². The lowest BCUT2D eigenvalue weighted by atomic mass is 10.1. The molecule has 3 aromatic carbocycles. The third kappa shape index (κ3) is 5.87. The van der Waals surface area contributed by atoms with Crippen LogP contribution in [0, 0.1) is 12.8 Å². The van der Waals surface area contributed by atoms with Crippen molar-refractivity contribution in [2.75, 3.05) is 11.9 Å². The number of carbonyl (C=O) groups is 1. The molecular weight excluding hydrogens is 519 g/mol. The molecule has 6 nitrogen and oxygen atoms in total. The summed E-state index contributed by atoms with van der Waals surface area (Å²) in [5.74, 6) is 0.873. The van der Waals surface area contributed by atoms with Crippen LogP contribution in [0.15, 0.2) is 71.5 Å². The summed E-state index contributed by atoms with van der Waals surface area (Å²) in [6, 6.07) is 19.4. The van der Waals surface area contributed by atoms with Gasteiger partial charge in [-0.15, -0.1) is 0 Å². The number of aryl methyl sites for hydroxylation is 1. The molecule has 0 aliphatic carbocycles. The lowest BCUT2D eigenvalue weighted by molar-refractivity contribution is 0.176. The van der Waals surface area contributed by atoms with Gasteiger partial charge in [-0.25, -0.2) is 9.78 Å². The predicted molar refractivity (Wildman–Crippen MR) is 157 cm³/mol. The highest BCUT2D eigenvalue weighted by Crippen LogP contribution is 2.32. The third-order valence-corrected chi connectivity index (χ3v) is 7.38. The zero-order chi connectivity index (χ0) is 27.4.